The van der Waals surface area contributed by atoms with Gasteiger partial charge in [0.05, 0.1) is 18.3 Å². The topological polar surface area (TPSA) is 46.5 Å². The van der Waals surface area contributed by atoms with E-state index >= 15 is 0 Å². The molecular weight excluding hydrogens is 156 g/mol. The van der Waals surface area contributed by atoms with Gasteiger partial charge in [-0.3, -0.25) is 4.79 Å². The molecule has 3 nitrogen and oxygen atoms in total. The van der Waals surface area contributed by atoms with Crippen molar-refractivity contribution in [2.24, 2.45) is 5.92 Å². The van der Waals surface area contributed by atoms with Gasteiger partial charge in [-0.15, -0.1) is 0 Å². The first-order valence-corrected chi connectivity index (χ1v) is 4.25. The van der Waals surface area contributed by atoms with Crippen LogP contribution in [-0.2, 0) is 9.53 Å². The summed E-state index contributed by atoms with van der Waals surface area (Å²) in [7, 11) is 0. The fourth-order valence-corrected chi connectivity index (χ4v) is 1.14. The minimum absolute atomic E-state index is 0.339. The van der Waals surface area contributed by atoms with Crippen molar-refractivity contribution >= 4 is 5.97 Å². The molecule has 68 valence electrons. The predicted molar refractivity (Wildman–Crippen MR) is 44.7 cm³/mol. The number of hydrogen-bond acceptors (Lipinski definition) is 2. The number of aliphatic carboxylic acids is 1. The lowest BCUT2D eigenvalue weighted by Gasteiger charge is -2.16. The quantitative estimate of drug-likeness (QED) is 0.702. The van der Waals surface area contributed by atoms with Crippen LogP contribution in [0.15, 0.2) is 11.8 Å². The molecule has 0 fully saturated rings. The second-order valence-electron chi connectivity index (χ2n) is 3.10. The van der Waals surface area contributed by atoms with Gasteiger partial charge >= 0.3 is 5.97 Å². The lowest BCUT2D eigenvalue weighted by molar-refractivity contribution is -0.141. The first-order valence-electron chi connectivity index (χ1n) is 4.25. The summed E-state index contributed by atoms with van der Waals surface area (Å²) in [6.07, 6.45) is 4.57. The Balaban J connectivity index is 2.39. The molecular formula is C9H14O3. The molecule has 0 bridgehead atoms. The van der Waals surface area contributed by atoms with Gasteiger partial charge < -0.3 is 9.84 Å². The van der Waals surface area contributed by atoms with Crippen molar-refractivity contribution in [2.75, 3.05) is 6.61 Å². The molecule has 12 heavy (non-hydrogen) atoms. The number of rotatable bonds is 3. The molecule has 0 saturated heterocycles. The van der Waals surface area contributed by atoms with Crippen molar-refractivity contribution in [3.05, 3.63) is 11.8 Å². The summed E-state index contributed by atoms with van der Waals surface area (Å²) >= 11 is 0. The van der Waals surface area contributed by atoms with Gasteiger partial charge in [-0.05, 0) is 18.9 Å². The van der Waals surface area contributed by atoms with E-state index in [0.717, 1.165) is 25.2 Å². The largest absolute Gasteiger partial charge is 0.498 e. The summed E-state index contributed by atoms with van der Waals surface area (Å²) in [5.74, 6) is -0.254. The van der Waals surface area contributed by atoms with Gasteiger partial charge in [0.2, 0.25) is 0 Å². The van der Waals surface area contributed by atoms with Crippen molar-refractivity contribution in [3.8, 4) is 0 Å². The number of allylic oxidation sites excluding steroid dienone is 2. The predicted octanol–water partition coefficient (Wildman–Crippen LogP) is 1.79. The third-order valence-electron chi connectivity index (χ3n) is 1.94. The summed E-state index contributed by atoms with van der Waals surface area (Å²) in [5, 5.41) is 8.63. The lowest BCUT2D eigenvalue weighted by Crippen LogP contribution is -2.12. The van der Waals surface area contributed by atoms with E-state index in [1.165, 1.54) is 0 Å². The van der Waals surface area contributed by atoms with Crippen LogP contribution in [0.3, 0.4) is 0 Å². The Hall–Kier alpha value is -0.990. The van der Waals surface area contributed by atoms with Gasteiger partial charge in [0.25, 0.3) is 0 Å². The Morgan fingerprint density at radius 3 is 3.08 bits per heavy atom. The van der Waals surface area contributed by atoms with Crippen LogP contribution in [0.2, 0.25) is 0 Å². The second kappa shape index (κ2) is 4.14. The van der Waals surface area contributed by atoms with E-state index in [2.05, 4.69) is 0 Å². The fourth-order valence-electron chi connectivity index (χ4n) is 1.14. The molecule has 1 aliphatic rings. The summed E-state index contributed by atoms with van der Waals surface area (Å²) in [4.78, 5) is 10.5. The van der Waals surface area contributed by atoms with Crippen LogP contribution in [0.4, 0.5) is 0 Å². The van der Waals surface area contributed by atoms with Crippen LogP contribution in [0.1, 0.15) is 26.2 Å². The molecule has 0 aliphatic carbocycles. The average molecular weight is 170 g/mol. The molecule has 1 unspecified atom stereocenters. The molecule has 1 rings (SSSR count). The zero-order chi connectivity index (χ0) is 8.97. The van der Waals surface area contributed by atoms with Crippen LogP contribution in [-0.4, -0.2) is 17.7 Å². The Bertz CT molecular complexity index is 196. The van der Waals surface area contributed by atoms with Gasteiger partial charge in [-0.25, -0.2) is 0 Å². The molecule has 0 aromatic heterocycles. The van der Waals surface area contributed by atoms with E-state index in [1.54, 1.807) is 6.92 Å². The van der Waals surface area contributed by atoms with Gasteiger partial charge in [0.15, 0.2) is 0 Å². The van der Waals surface area contributed by atoms with Crippen molar-refractivity contribution < 1.29 is 14.6 Å². The summed E-state index contributed by atoms with van der Waals surface area (Å²) in [5.41, 5.74) is 0. The highest BCUT2D eigenvalue weighted by Gasteiger charge is 2.15. The number of carboxylic acid groups (broad SMARTS) is 1. The average Bonchev–Trinajstić information content (AvgIpc) is 2.06. The molecule has 1 heterocycles. The molecule has 0 radical (unpaired) electrons. The highest BCUT2D eigenvalue weighted by Crippen LogP contribution is 2.17. The maximum Gasteiger partial charge on any atom is 0.306 e. The zero-order valence-corrected chi connectivity index (χ0v) is 7.25. The van der Waals surface area contributed by atoms with Gasteiger partial charge in [-0.2, -0.15) is 0 Å². The maximum absolute atomic E-state index is 10.5. The third kappa shape index (κ3) is 2.57. The molecule has 1 N–H and O–H groups in total. The summed E-state index contributed by atoms with van der Waals surface area (Å²) in [6.45, 7) is 2.43. The first kappa shape index (κ1) is 9.10. The summed E-state index contributed by atoms with van der Waals surface area (Å²) in [6, 6.07) is 0. The van der Waals surface area contributed by atoms with E-state index < -0.39 is 5.97 Å². The van der Waals surface area contributed by atoms with Crippen LogP contribution < -0.4 is 0 Å². The minimum atomic E-state index is -0.759. The number of hydrogen-bond donors (Lipinski definition) is 1. The van der Waals surface area contributed by atoms with Crippen molar-refractivity contribution in [2.45, 2.75) is 26.2 Å². The molecule has 0 saturated carbocycles. The number of carbonyl (C=O) groups is 1. The SMILES string of the molecule is CC(CC1=CCCCO1)C(=O)O. The van der Waals surface area contributed by atoms with Crippen molar-refractivity contribution in [3.63, 3.8) is 0 Å². The van der Waals surface area contributed by atoms with E-state index in [-0.39, 0.29) is 5.92 Å². The molecule has 0 aromatic rings. The second-order valence-corrected chi connectivity index (χ2v) is 3.10. The molecule has 1 atom stereocenters. The Morgan fingerprint density at radius 2 is 2.58 bits per heavy atom. The Kier molecular flexibility index (Phi) is 3.14. The molecule has 3 heteroatoms. The monoisotopic (exact) mass is 170 g/mol. The Labute approximate surface area is 72.0 Å². The van der Waals surface area contributed by atoms with E-state index in [0.29, 0.717) is 6.42 Å². The first-order chi connectivity index (χ1) is 5.70. The third-order valence-corrected chi connectivity index (χ3v) is 1.94. The molecule has 0 spiro atoms. The fraction of sp³-hybridized carbons (Fsp3) is 0.667. The van der Waals surface area contributed by atoms with E-state index in [4.69, 9.17) is 9.84 Å². The van der Waals surface area contributed by atoms with Crippen LogP contribution in [0.5, 0.6) is 0 Å². The van der Waals surface area contributed by atoms with Crippen LogP contribution in [0, 0.1) is 5.92 Å². The van der Waals surface area contributed by atoms with Gasteiger partial charge in [0.1, 0.15) is 0 Å². The van der Waals surface area contributed by atoms with Crippen LogP contribution in [0.25, 0.3) is 0 Å². The smallest absolute Gasteiger partial charge is 0.306 e. The van der Waals surface area contributed by atoms with E-state index in [1.807, 2.05) is 6.08 Å². The van der Waals surface area contributed by atoms with Crippen molar-refractivity contribution in [1.82, 2.24) is 0 Å². The Morgan fingerprint density at radius 1 is 1.83 bits per heavy atom. The minimum Gasteiger partial charge on any atom is -0.498 e. The number of ether oxygens (including phenoxy) is 1. The standard InChI is InChI=1S/C9H14O3/c1-7(9(10)11)6-8-4-2-3-5-12-8/h4,7H,2-3,5-6H2,1H3,(H,10,11). The van der Waals surface area contributed by atoms with Gasteiger partial charge in [0, 0.05) is 6.42 Å². The highest BCUT2D eigenvalue weighted by atomic mass is 16.5. The highest BCUT2D eigenvalue weighted by molar-refractivity contribution is 5.69. The van der Waals surface area contributed by atoms with E-state index in [9.17, 15) is 4.79 Å². The molecule has 1 aliphatic heterocycles. The number of carboxylic acids is 1. The molecule has 0 aromatic carbocycles. The summed E-state index contributed by atoms with van der Waals surface area (Å²) < 4.78 is 5.30. The van der Waals surface area contributed by atoms with Crippen molar-refractivity contribution in [1.29, 1.82) is 0 Å². The maximum atomic E-state index is 10.5. The van der Waals surface area contributed by atoms with Gasteiger partial charge in [-0.1, -0.05) is 6.92 Å². The normalized spacial score (nSPS) is 19.2. The lowest BCUT2D eigenvalue weighted by atomic mass is 10.1. The van der Waals surface area contributed by atoms with Crippen LogP contribution >= 0.6 is 0 Å². The molecule has 0 amide bonds. The zero-order valence-electron chi connectivity index (χ0n) is 7.25.